The van der Waals surface area contributed by atoms with Crippen molar-refractivity contribution < 1.29 is 12.8 Å². The number of rotatable bonds is 6. The van der Waals surface area contributed by atoms with Gasteiger partial charge in [-0.05, 0) is 44.0 Å². The fraction of sp³-hybridized carbons (Fsp3) is 0.500. The first-order valence-corrected chi connectivity index (χ1v) is 7.31. The Balaban J connectivity index is 2.54. The van der Waals surface area contributed by atoms with Crippen LogP contribution in [0.4, 0.5) is 4.39 Å². The van der Waals surface area contributed by atoms with E-state index in [0.29, 0.717) is 6.42 Å². The SMILES string of the molecule is CC(N)CCCCS(=O)(=O)c1ccc(F)cc1. The van der Waals surface area contributed by atoms with Gasteiger partial charge in [0.15, 0.2) is 9.84 Å². The first-order chi connectivity index (χ1) is 7.92. The van der Waals surface area contributed by atoms with Crippen molar-refractivity contribution in [3.8, 4) is 0 Å². The van der Waals surface area contributed by atoms with Gasteiger partial charge in [0, 0.05) is 6.04 Å². The number of halogens is 1. The number of hydrogen-bond acceptors (Lipinski definition) is 3. The molecule has 0 amide bonds. The van der Waals surface area contributed by atoms with Crippen LogP contribution in [0, 0.1) is 5.82 Å². The van der Waals surface area contributed by atoms with Gasteiger partial charge in [-0.1, -0.05) is 6.42 Å². The van der Waals surface area contributed by atoms with Crippen LogP contribution in [-0.2, 0) is 9.84 Å². The monoisotopic (exact) mass is 259 g/mol. The summed E-state index contributed by atoms with van der Waals surface area (Å²) in [4.78, 5) is 0.180. The molecule has 1 aromatic rings. The van der Waals surface area contributed by atoms with Crippen molar-refractivity contribution in [3.63, 3.8) is 0 Å². The van der Waals surface area contributed by atoms with Crippen LogP contribution in [0.2, 0.25) is 0 Å². The van der Waals surface area contributed by atoms with E-state index in [1.807, 2.05) is 6.92 Å². The van der Waals surface area contributed by atoms with E-state index in [9.17, 15) is 12.8 Å². The molecule has 1 rings (SSSR count). The molecule has 0 saturated heterocycles. The van der Waals surface area contributed by atoms with Crippen LogP contribution in [0.15, 0.2) is 29.2 Å². The maximum Gasteiger partial charge on any atom is 0.178 e. The van der Waals surface area contributed by atoms with E-state index in [-0.39, 0.29) is 16.7 Å². The van der Waals surface area contributed by atoms with Gasteiger partial charge in [-0.3, -0.25) is 0 Å². The second-order valence-corrected chi connectivity index (χ2v) is 6.36. The van der Waals surface area contributed by atoms with E-state index in [1.54, 1.807) is 0 Å². The van der Waals surface area contributed by atoms with Crippen molar-refractivity contribution in [2.24, 2.45) is 5.73 Å². The first-order valence-electron chi connectivity index (χ1n) is 5.66. The summed E-state index contributed by atoms with van der Waals surface area (Å²) < 4.78 is 36.3. The molecule has 0 spiro atoms. The topological polar surface area (TPSA) is 60.2 Å². The molecule has 1 aromatic carbocycles. The van der Waals surface area contributed by atoms with Gasteiger partial charge in [0.1, 0.15) is 5.82 Å². The zero-order chi connectivity index (χ0) is 12.9. The third-order valence-corrected chi connectivity index (χ3v) is 4.31. The molecule has 5 heteroatoms. The number of unbranched alkanes of at least 4 members (excludes halogenated alkanes) is 1. The smallest absolute Gasteiger partial charge is 0.178 e. The van der Waals surface area contributed by atoms with Crippen LogP contribution in [0.3, 0.4) is 0 Å². The Labute approximate surface area is 102 Å². The highest BCUT2D eigenvalue weighted by Gasteiger charge is 2.13. The van der Waals surface area contributed by atoms with Gasteiger partial charge in [0.05, 0.1) is 10.6 Å². The normalized spacial score (nSPS) is 13.6. The Morgan fingerprint density at radius 1 is 1.24 bits per heavy atom. The maximum absolute atomic E-state index is 12.7. The summed E-state index contributed by atoms with van der Waals surface area (Å²) in [5.74, 6) is -0.341. The Kier molecular flexibility index (Phi) is 5.08. The van der Waals surface area contributed by atoms with Crippen molar-refractivity contribution in [3.05, 3.63) is 30.1 Å². The predicted molar refractivity (Wildman–Crippen MR) is 66.0 cm³/mol. The van der Waals surface area contributed by atoms with E-state index in [4.69, 9.17) is 5.73 Å². The summed E-state index contributed by atoms with van der Waals surface area (Å²) in [5.41, 5.74) is 5.58. The van der Waals surface area contributed by atoms with Crippen LogP contribution in [0.1, 0.15) is 26.2 Å². The number of hydrogen-bond donors (Lipinski definition) is 1. The van der Waals surface area contributed by atoms with Crippen LogP contribution >= 0.6 is 0 Å². The fourth-order valence-corrected chi connectivity index (χ4v) is 2.89. The van der Waals surface area contributed by atoms with Crippen LogP contribution in [-0.4, -0.2) is 20.2 Å². The molecule has 0 aliphatic carbocycles. The fourth-order valence-electron chi connectivity index (χ4n) is 1.52. The molecule has 17 heavy (non-hydrogen) atoms. The van der Waals surface area contributed by atoms with Gasteiger partial charge >= 0.3 is 0 Å². The lowest BCUT2D eigenvalue weighted by molar-refractivity contribution is 0.579. The highest BCUT2D eigenvalue weighted by Crippen LogP contribution is 2.14. The van der Waals surface area contributed by atoms with E-state index in [0.717, 1.165) is 25.0 Å². The lowest BCUT2D eigenvalue weighted by atomic mass is 10.2. The largest absolute Gasteiger partial charge is 0.328 e. The molecule has 2 N–H and O–H groups in total. The Bertz CT molecular complexity index is 440. The van der Waals surface area contributed by atoms with Crippen molar-refractivity contribution in [1.29, 1.82) is 0 Å². The van der Waals surface area contributed by atoms with E-state index in [2.05, 4.69) is 0 Å². The summed E-state index contributed by atoms with van der Waals surface area (Å²) in [6, 6.07) is 5.03. The van der Waals surface area contributed by atoms with Crippen molar-refractivity contribution in [2.45, 2.75) is 37.1 Å². The van der Waals surface area contributed by atoms with Crippen LogP contribution < -0.4 is 5.73 Å². The molecule has 96 valence electrons. The van der Waals surface area contributed by atoms with E-state index >= 15 is 0 Å². The zero-order valence-electron chi connectivity index (χ0n) is 9.90. The van der Waals surface area contributed by atoms with Gasteiger partial charge in [0.2, 0.25) is 0 Å². The van der Waals surface area contributed by atoms with Crippen molar-refractivity contribution in [2.75, 3.05) is 5.75 Å². The summed E-state index contributed by atoms with van der Waals surface area (Å²) >= 11 is 0. The van der Waals surface area contributed by atoms with Gasteiger partial charge < -0.3 is 5.73 Å². The van der Waals surface area contributed by atoms with Crippen molar-refractivity contribution in [1.82, 2.24) is 0 Å². The average Bonchev–Trinajstić information content (AvgIpc) is 2.25. The van der Waals surface area contributed by atoms with Gasteiger partial charge in [0.25, 0.3) is 0 Å². The molecule has 0 aromatic heterocycles. The molecule has 1 atom stereocenters. The van der Waals surface area contributed by atoms with Gasteiger partial charge in [-0.25, -0.2) is 12.8 Å². The molecule has 0 heterocycles. The average molecular weight is 259 g/mol. The molecule has 0 saturated carbocycles. The number of sulfone groups is 1. The minimum Gasteiger partial charge on any atom is -0.328 e. The Morgan fingerprint density at radius 3 is 2.35 bits per heavy atom. The highest BCUT2D eigenvalue weighted by molar-refractivity contribution is 7.91. The first kappa shape index (κ1) is 14.1. The molecule has 1 unspecified atom stereocenters. The summed E-state index contributed by atoms with van der Waals surface area (Å²) in [5, 5.41) is 0. The van der Waals surface area contributed by atoms with E-state index in [1.165, 1.54) is 12.1 Å². The van der Waals surface area contributed by atoms with E-state index < -0.39 is 15.7 Å². The minimum atomic E-state index is -3.28. The molecule has 0 aliphatic rings. The zero-order valence-corrected chi connectivity index (χ0v) is 10.7. The van der Waals surface area contributed by atoms with Crippen molar-refractivity contribution >= 4 is 9.84 Å². The van der Waals surface area contributed by atoms with Crippen LogP contribution in [0.5, 0.6) is 0 Å². The van der Waals surface area contributed by atoms with Gasteiger partial charge in [-0.15, -0.1) is 0 Å². The number of nitrogens with two attached hydrogens (primary N) is 1. The lowest BCUT2D eigenvalue weighted by Gasteiger charge is -2.06. The summed E-state index contributed by atoms with van der Waals surface area (Å²) in [7, 11) is -3.28. The molecular formula is C12H18FNO2S. The lowest BCUT2D eigenvalue weighted by Crippen LogP contribution is -2.15. The molecule has 0 aliphatic heterocycles. The van der Waals surface area contributed by atoms with Gasteiger partial charge in [-0.2, -0.15) is 0 Å². The molecule has 0 radical (unpaired) electrons. The molecule has 3 nitrogen and oxygen atoms in total. The summed E-state index contributed by atoms with van der Waals surface area (Å²) in [6.45, 7) is 1.90. The third-order valence-electron chi connectivity index (χ3n) is 2.50. The number of benzene rings is 1. The van der Waals surface area contributed by atoms with Crippen LogP contribution in [0.25, 0.3) is 0 Å². The second-order valence-electron chi connectivity index (χ2n) is 4.25. The molecule has 0 fully saturated rings. The second kappa shape index (κ2) is 6.12. The predicted octanol–water partition coefficient (Wildman–Crippen LogP) is 2.12. The third kappa shape index (κ3) is 4.83. The Hall–Kier alpha value is -0.940. The molecule has 0 bridgehead atoms. The Morgan fingerprint density at radius 2 is 1.82 bits per heavy atom. The maximum atomic E-state index is 12.7. The highest BCUT2D eigenvalue weighted by atomic mass is 32.2. The standard InChI is InChI=1S/C12H18FNO2S/c1-10(14)4-2-3-9-17(15,16)12-7-5-11(13)6-8-12/h5-8,10H,2-4,9,14H2,1H3. The summed E-state index contributed by atoms with van der Waals surface area (Å²) in [6.07, 6.45) is 2.19. The minimum absolute atomic E-state index is 0.0886. The molecular weight excluding hydrogens is 241 g/mol. The quantitative estimate of drug-likeness (QED) is 0.629.